The van der Waals surface area contributed by atoms with E-state index >= 15 is 0 Å². The van der Waals surface area contributed by atoms with Crippen LogP contribution in [0.25, 0.3) is 0 Å². The molecule has 1 fully saturated rings. The van der Waals surface area contributed by atoms with Gasteiger partial charge in [-0.25, -0.2) is 0 Å². The van der Waals surface area contributed by atoms with Crippen LogP contribution in [0.2, 0.25) is 0 Å². The van der Waals surface area contributed by atoms with E-state index in [4.69, 9.17) is 9.84 Å². The Morgan fingerprint density at radius 3 is 2.59 bits per heavy atom. The average Bonchev–Trinajstić information content (AvgIpc) is 2.96. The molecule has 0 spiro atoms. The Labute approximate surface area is 134 Å². The molecule has 1 aromatic carbocycles. The number of ether oxygens (including phenoxy) is 1. The van der Waals surface area contributed by atoms with Crippen molar-refractivity contribution in [3.05, 3.63) is 24.3 Å². The van der Waals surface area contributed by atoms with Crippen LogP contribution in [0.4, 0.5) is 0 Å². The van der Waals surface area contributed by atoms with Crippen LogP contribution in [0.15, 0.2) is 29.2 Å². The molecular formula is C16H21NO4S. The van der Waals surface area contributed by atoms with Crippen molar-refractivity contribution in [3.63, 3.8) is 0 Å². The van der Waals surface area contributed by atoms with E-state index in [9.17, 15) is 9.59 Å². The summed E-state index contributed by atoms with van der Waals surface area (Å²) < 4.78 is 5.10. The van der Waals surface area contributed by atoms with Crippen LogP contribution in [0, 0.1) is 5.92 Å². The average molecular weight is 323 g/mol. The van der Waals surface area contributed by atoms with E-state index in [1.165, 1.54) is 11.8 Å². The van der Waals surface area contributed by atoms with Gasteiger partial charge in [0.05, 0.1) is 18.3 Å². The molecule has 22 heavy (non-hydrogen) atoms. The Kier molecular flexibility index (Phi) is 5.71. The molecule has 1 aliphatic carbocycles. The van der Waals surface area contributed by atoms with Gasteiger partial charge in [-0.3, -0.25) is 9.59 Å². The summed E-state index contributed by atoms with van der Waals surface area (Å²) in [4.78, 5) is 24.4. The van der Waals surface area contributed by atoms with Gasteiger partial charge in [0, 0.05) is 10.9 Å². The lowest BCUT2D eigenvalue weighted by atomic mass is 10.0. The summed E-state index contributed by atoms with van der Waals surface area (Å²) in [6.45, 7) is 1.83. The Bertz CT molecular complexity index is 531. The lowest BCUT2D eigenvalue weighted by molar-refractivity contribution is -0.142. The second-order valence-corrected chi connectivity index (χ2v) is 6.84. The Morgan fingerprint density at radius 2 is 2.00 bits per heavy atom. The summed E-state index contributed by atoms with van der Waals surface area (Å²) in [5.74, 6) is -0.615. The van der Waals surface area contributed by atoms with Gasteiger partial charge in [-0.2, -0.15) is 0 Å². The summed E-state index contributed by atoms with van der Waals surface area (Å²) >= 11 is 1.45. The standard InChI is InChI=1S/C16H21NO4S/c1-10(22-12-8-6-11(21-2)7-9-12)15(18)17-14-5-3-4-13(14)16(19)20/h6-10,13-14H,3-5H2,1-2H3,(H,17,18)(H,19,20)/t10?,13-,14+/m0/s1. The second kappa shape index (κ2) is 7.54. The zero-order valence-electron chi connectivity index (χ0n) is 12.7. The van der Waals surface area contributed by atoms with E-state index in [2.05, 4.69) is 5.32 Å². The summed E-state index contributed by atoms with van der Waals surface area (Å²) in [5.41, 5.74) is 0. The number of aliphatic carboxylic acids is 1. The molecule has 2 N–H and O–H groups in total. The molecular weight excluding hydrogens is 302 g/mol. The quantitative estimate of drug-likeness (QED) is 0.787. The van der Waals surface area contributed by atoms with Crippen molar-refractivity contribution in [3.8, 4) is 5.75 Å². The first kappa shape index (κ1) is 16.7. The van der Waals surface area contributed by atoms with Gasteiger partial charge in [-0.15, -0.1) is 11.8 Å². The molecule has 0 bridgehead atoms. The number of carboxylic acid groups (broad SMARTS) is 1. The first-order chi connectivity index (χ1) is 10.5. The minimum absolute atomic E-state index is 0.112. The van der Waals surface area contributed by atoms with Gasteiger partial charge < -0.3 is 15.2 Å². The van der Waals surface area contributed by atoms with Crippen LogP contribution in [-0.4, -0.2) is 35.4 Å². The van der Waals surface area contributed by atoms with Crippen molar-refractivity contribution in [2.24, 2.45) is 5.92 Å². The van der Waals surface area contributed by atoms with Crippen LogP contribution >= 0.6 is 11.8 Å². The Hall–Kier alpha value is -1.69. The molecule has 120 valence electrons. The van der Waals surface area contributed by atoms with Gasteiger partial charge in [0.1, 0.15) is 5.75 Å². The van der Waals surface area contributed by atoms with Gasteiger partial charge in [0.25, 0.3) is 0 Å². The highest BCUT2D eigenvalue weighted by molar-refractivity contribution is 8.00. The number of amides is 1. The van der Waals surface area contributed by atoms with E-state index in [-0.39, 0.29) is 17.2 Å². The van der Waals surface area contributed by atoms with Crippen LogP contribution in [-0.2, 0) is 9.59 Å². The number of methoxy groups -OCH3 is 1. The Balaban J connectivity index is 1.90. The van der Waals surface area contributed by atoms with Gasteiger partial charge in [0.2, 0.25) is 5.91 Å². The normalized spacial score (nSPS) is 22.1. The highest BCUT2D eigenvalue weighted by atomic mass is 32.2. The summed E-state index contributed by atoms with van der Waals surface area (Å²) in [6.07, 6.45) is 2.23. The van der Waals surface area contributed by atoms with E-state index in [1.807, 2.05) is 31.2 Å². The minimum atomic E-state index is -0.821. The maximum atomic E-state index is 12.2. The van der Waals surface area contributed by atoms with Crippen molar-refractivity contribution in [2.75, 3.05) is 7.11 Å². The molecule has 1 amide bonds. The number of benzene rings is 1. The lowest BCUT2D eigenvalue weighted by Crippen LogP contribution is -2.43. The zero-order valence-corrected chi connectivity index (χ0v) is 13.6. The number of carbonyl (C=O) groups is 2. The third kappa shape index (κ3) is 4.16. The maximum Gasteiger partial charge on any atom is 0.308 e. The van der Waals surface area contributed by atoms with Crippen LogP contribution in [0.1, 0.15) is 26.2 Å². The molecule has 0 saturated heterocycles. The van der Waals surface area contributed by atoms with Crippen LogP contribution in [0.5, 0.6) is 5.75 Å². The number of nitrogens with one attached hydrogen (secondary N) is 1. The maximum absolute atomic E-state index is 12.2. The molecule has 6 heteroatoms. The van der Waals surface area contributed by atoms with E-state index in [0.717, 1.165) is 23.5 Å². The summed E-state index contributed by atoms with van der Waals surface area (Å²) in [6, 6.07) is 7.27. The number of hydrogen-bond acceptors (Lipinski definition) is 4. The molecule has 0 aromatic heterocycles. The van der Waals surface area contributed by atoms with Gasteiger partial charge in [0.15, 0.2) is 0 Å². The molecule has 1 aromatic rings. The number of rotatable bonds is 6. The molecule has 0 aliphatic heterocycles. The van der Waals surface area contributed by atoms with E-state index < -0.39 is 11.9 Å². The van der Waals surface area contributed by atoms with Crippen LogP contribution < -0.4 is 10.1 Å². The fourth-order valence-corrected chi connectivity index (χ4v) is 3.52. The van der Waals surface area contributed by atoms with Crippen molar-refractivity contribution in [1.82, 2.24) is 5.32 Å². The smallest absolute Gasteiger partial charge is 0.308 e. The number of carbonyl (C=O) groups excluding carboxylic acids is 1. The third-order valence-electron chi connectivity index (χ3n) is 3.90. The van der Waals surface area contributed by atoms with Gasteiger partial charge in [-0.05, 0) is 44.0 Å². The third-order valence-corrected chi connectivity index (χ3v) is 5.01. The van der Waals surface area contributed by atoms with Gasteiger partial charge in [-0.1, -0.05) is 6.42 Å². The molecule has 0 heterocycles. The van der Waals surface area contributed by atoms with Crippen LogP contribution in [0.3, 0.4) is 0 Å². The lowest BCUT2D eigenvalue weighted by Gasteiger charge is -2.20. The van der Waals surface area contributed by atoms with E-state index in [1.54, 1.807) is 7.11 Å². The van der Waals surface area contributed by atoms with Crippen molar-refractivity contribution >= 4 is 23.6 Å². The highest BCUT2D eigenvalue weighted by Gasteiger charge is 2.34. The molecule has 5 nitrogen and oxygen atoms in total. The molecule has 0 radical (unpaired) electrons. The van der Waals surface area contributed by atoms with E-state index in [0.29, 0.717) is 6.42 Å². The monoisotopic (exact) mass is 323 g/mol. The van der Waals surface area contributed by atoms with Crippen molar-refractivity contribution in [1.29, 1.82) is 0 Å². The first-order valence-electron chi connectivity index (χ1n) is 7.35. The predicted molar refractivity (Wildman–Crippen MR) is 85.2 cm³/mol. The topological polar surface area (TPSA) is 75.6 Å². The largest absolute Gasteiger partial charge is 0.497 e. The predicted octanol–water partition coefficient (Wildman–Crippen LogP) is 2.55. The number of hydrogen-bond donors (Lipinski definition) is 2. The van der Waals surface area contributed by atoms with Crippen molar-refractivity contribution < 1.29 is 19.4 Å². The second-order valence-electron chi connectivity index (χ2n) is 5.43. The molecule has 1 saturated carbocycles. The fourth-order valence-electron chi connectivity index (χ4n) is 2.64. The molecule has 1 unspecified atom stereocenters. The number of thioether (sulfide) groups is 1. The van der Waals surface area contributed by atoms with Gasteiger partial charge >= 0.3 is 5.97 Å². The first-order valence-corrected chi connectivity index (χ1v) is 8.23. The Morgan fingerprint density at radius 1 is 1.32 bits per heavy atom. The summed E-state index contributed by atoms with van der Waals surface area (Å²) in [5, 5.41) is 11.8. The number of carboxylic acids is 1. The van der Waals surface area contributed by atoms with Crippen molar-refractivity contribution in [2.45, 2.75) is 42.4 Å². The molecule has 2 rings (SSSR count). The minimum Gasteiger partial charge on any atom is -0.497 e. The SMILES string of the molecule is COc1ccc(SC(C)C(=O)N[C@@H]2CCC[C@@H]2C(=O)O)cc1. The summed E-state index contributed by atoms with van der Waals surface area (Å²) in [7, 11) is 1.61. The molecule has 1 aliphatic rings. The molecule has 3 atom stereocenters. The zero-order chi connectivity index (χ0) is 16.1. The highest BCUT2D eigenvalue weighted by Crippen LogP contribution is 2.28. The fraction of sp³-hybridized carbons (Fsp3) is 0.500.